The highest BCUT2D eigenvalue weighted by Gasteiger charge is 2.26. The molecule has 0 spiro atoms. The van der Waals surface area contributed by atoms with Crippen LogP contribution in [0.1, 0.15) is 54.6 Å². The molecule has 24 heavy (non-hydrogen) atoms. The smallest absolute Gasteiger partial charge is 0.407 e. The zero-order valence-electron chi connectivity index (χ0n) is 14.8. The molecule has 0 aliphatic heterocycles. The van der Waals surface area contributed by atoms with Crippen molar-refractivity contribution in [2.75, 3.05) is 20.8 Å². The molecular weight excluding hydrogens is 316 g/mol. The molecule has 1 aromatic heterocycles. The quantitative estimate of drug-likeness (QED) is 0.652. The van der Waals surface area contributed by atoms with Gasteiger partial charge in [0.25, 0.3) is 0 Å². The Kier molecular flexibility index (Phi) is 6.39. The average molecular weight is 340 g/mol. The van der Waals surface area contributed by atoms with Crippen molar-refractivity contribution in [3.63, 3.8) is 0 Å². The molecule has 0 saturated heterocycles. The zero-order chi connectivity index (χ0) is 18.5. The summed E-state index contributed by atoms with van der Waals surface area (Å²) in [6.07, 6.45) is 1.01. The van der Waals surface area contributed by atoms with Crippen LogP contribution in [0.15, 0.2) is 12.3 Å². The van der Waals surface area contributed by atoms with E-state index in [4.69, 9.17) is 9.47 Å². The summed E-state index contributed by atoms with van der Waals surface area (Å²) < 4.78 is 16.1. The molecular formula is C16H24N2O6. The third-order valence-corrected chi connectivity index (χ3v) is 3.11. The van der Waals surface area contributed by atoms with Crippen LogP contribution in [0.2, 0.25) is 0 Å². The molecule has 1 rings (SSSR count). The summed E-state index contributed by atoms with van der Waals surface area (Å²) in [6, 6.07) is 1.16. The lowest BCUT2D eigenvalue weighted by molar-refractivity contribution is 0.0517. The molecule has 0 aliphatic rings. The summed E-state index contributed by atoms with van der Waals surface area (Å²) >= 11 is 0. The third-order valence-electron chi connectivity index (χ3n) is 3.11. The van der Waals surface area contributed by atoms with Gasteiger partial charge >= 0.3 is 18.0 Å². The van der Waals surface area contributed by atoms with Crippen molar-refractivity contribution >= 4 is 18.0 Å². The van der Waals surface area contributed by atoms with Gasteiger partial charge in [0.2, 0.25) is 0 Å². The standard InChI is InChI=1S/C16H24N2O6/c1-10(9-17-15(21)24-16(2,3)4)18-8-7-11(13(19)22-5)12(18)14(20)23-6/h7-8,10H,9H2,1-6H3,(H,17,21). The van der Waals surface area contributed by atoms with Crippen LogP contribution < -0.4 is 5.32 Å². The minimum atomic E-state index is -0.662. The van der Waals surface area contributed by atoms with Crippen molar-refractivity contribution in [1.29, 1.82) is 0 Å². The van der Waals surface area contributed by atoms with Crippen LogP contribution in [0.25, 0.3) is 0 Å². The second-order valence-corrected chi connectivity index (χ2v) is 6.20. The molecule has 0 radical (unpaired) electrons. The van der Waals surface area contributed by atoms with Gasteiger partial charge in [-0.3, -0.25) is 0 Å². The van der Waals surface area contributed by atoms with Crippen molar-refractivity contribution in [3.8, 4) is 0 Å². The lowest BCUT2D eigenvalue weighted by atomic mass is 10.2. The number of hydrogen-bond acceptors (Lipinski definition) is 6. The molecule has 1 amide bonds. The van der Waals surface area contributed by atoms with Crippen LogP contribution in [0.4, 0.5) is 4.79 Å². The predicted octanol–water partition coefficient (Wildman–Crippen LogP) is 2.15. The van der Waals surface area contributed by atoms with Crippen molar-refractivity contribution in [3.05, 3.63) is 23.5 Å². The first-order valence-electron chi connectivity index (χ1n) is 7.45. The number of carbonyl (C=O) groups excluding carboxylic acids is 3. The summed E-state index contributed by atoms with van der Waals surface area (Å²) in [6.45, 7) is 7.28. The van der Waals surface area contributed by atoms with Gasteiger partial charge in [-0.2, -0.15) is 0 Å². The van der Waals surface area contributed by atoms with Gasteiger partial charge in [-0.25, -0.2) is 14.4 Å². The SMILES string of the molecule is COC(=O)c1ccn(C(C)CNC(=O)OC(C)(C)C)c1C(=O)OC. The number of nitrogens with one attached hydrogen (secondary N) is 1. The van der Waals surface area contributed by atoms with E-state index in [-0.39, 0.29) is 23.8 Å². The molecule has 134 valence electrons. The number of alkyl carbamates (subject to hydrolysis) is 1. The molecule has 1 N–H and O–H groups in total. The fourth-order valence-electron chi connectivity index (χ4n) is 2.04. The summed E-state index contributed by atoms with van der Waals surface area (Å²) in [5, 5.41) is 2.62. The Morgan fingerprint density at radius 1 is 1.17 bits per heavy atom. The largest absolute Gasteiger partial charge is 0.465 e. The van der Waals surface area contributed by atoms with Crippen molar-refractivity contribution in [2.24, 2.45) is 0 Å². The summed E-state index contributed by atoms with van der Waals surface area (Å²) in [4.78, 5) is 35.5. The van der Waals surface area contributed by atoms with E-state index in [1.807, 2.05) is 0 Å². The van der Waals surface area contributed by atoms with Crippen LogP contribution in [-0.4, -0.2) is 49.0 Å². The van der Waals surface area contributed by atoms with E-state index in [0.717, 1.165) is 0 Å². The number of ether oxygens (including phenoxy) is 3. The number of carbonyl (C=O) groups is 3. The molecule has 0 aromatic carbocycles. The van der Waals surface area contributed by atoms with Crippen LogP contribution in [0, 0.1) is 0 Å². The fraction of sp³-hybridized carbons (Fsp3) is 0.562. The molecule has 0 saturated carbocycles. The topological polar surface area (TPSA) is 95.9 Å². The van der Waals surface area contributed by atoms with Crippen molar-refractivity contribution in [1.82, 2.24) is 9.88 Å². The summed E-state index contributed by atoms with van der Waals surface area (Å²) in [5.74, 6) is -1.30. The Morgan fingerprint density at radius 2 is 1.75 bits per heavy atom. The maximum Gasteiger partial charge on any atom is 0.407 e. The lowest BCUT2D eigenvalue weighted by Crippen LogP contribution is -2.35. The number of esters is 2. The second-order valence-electron chi connectivity index (χ2n) is 6.20. The number of nitrogens with zero attached hydrogens (tertiary/aromatic N) is 1. The predicted molar refractivity (Wildman–Crippen MR) is 86.1 cm³/mol. The van der Waals surface area contributed by atoms with Crippen molar-refractivity contribution in [2.45, 2.75) is 39.3 Å². The highest BCUT2D eigenvalue weighted by molar-refractivity contribution is 6.02. The minimum Gasteiger partial charge on any atom is -0.465 e. The first-order chi connectivity index (χ1) is 11.1. The average Bonchev–Trinajstić information content (AvgIpc) is 2.94. The first kappa shape index (κ1) is 19.5. The monoisotopic (exact) mass is 340 g/mol. The molecule has 0 aliphatic carbocycles. The number of rotatable bonds is 5. The van der Waals surface area contributed by atoms with Gasteiger partial charge in [0, 0.05) is 18.8 Å². The van der Waals surface area contributed by atoms with E-state index in [0.29, 0.717) is 0 Å². The lowest BCUT2D eigenvalue weighted by Gasteiger charge is -2.22. The van der Waals surface area contributed by atoms with Gasteiger partial charge in [0.05, 0.1) is 19.8 Å². The Morgan fingerprint density at radius 3 is 2.25 bits per heavy atom. The first-order valence-corrected chi connectivity index (χ1v) is 7.45. The number of hydrogen-bond donors (Lipinski definition) is 1. The van der Waals surface area contributed by atoms with E-state index >= 15 is 0 Å². The maximum absolute atomic E-state index is 12.0. The van der Waals surface area contributed by atoms with E-state index in [1.54, 1.807) is 38.5 Å². The van der Waals surface area contributed by atoms with Crippen LogP contribution in [0.5, 0.6) is 0 Å². The van der Waals surface area contributed by atoms with Crippen LogP contribution >= 0.6 is 0 Å². The highest BCUT2D eigenvalue weighted by Crippen LogP contribution is 2.19. The van der Waals surface area contributed by atoms with Gasteiger partial charge in [-0.05, 0) is 33.8 Å². The number of methoxy groups -OCH3 is 2. The van der Waals surface area contributed by atoms with E-state index in [1.165, 1.54) is 20.3 Å². The van der Waals surface area contributed by atoms with Gasteiger partial charge in [-0.1, -0.05) is 0 Å². The van der Waals surface area contributed by atoms with Gasteiger partial charge < -0.3 is 24.1 Å². The molecule has 0 bridgehead atoms. The molecule has 8 nitrogen and oxygen atoms in total. The van der Waals surface area contributed by atoms with Gasteiger partial charge in [0.1, 0.15) is 11.3 Å². The Labute approximate surface area is 141 Å². The highest BCUT2D eigenvalue weighted by atomic mass is 16.6. The maximum atomic E-state index is 12.0. The van der Waals surface area contributed by atoms with E-state index in [2.05, 4.69) is 10.1 Å². The van der Waals surface area contributed by atoms with Crippen LogP contribution in [0.3, 0.4) is 0 Å². The van der Waals surface area contributed by atoms with Gasteiger partial charge in [0.15, 0.2) is 0 Å². The molecule has 1 heterocycles. The second kappa shape index (κ2) is 7.85. The van der Waals surface area contributed by atoms with Crippen molar-refractivity contribution < 1.29 is 28.6 Å². The normalized spacial score (nSPS) is 12.2. The Balaban J connectivity index is 2.92. The Hall–Kier alpha value is -2.51. The minimum absolute atomic E-state index is 0.0721. The number of aromatic nitrogens is 1. The number of amides is 1. The third kappa shape index (κ3) is 5.00. The molecule has 1 unspecified atom stereocenters. The summed E-state index contributed by atoms with van der Waals surface area (Å²) in [7, 11) is 2.46. The summed E-state index contributed by atoms with van der Waals surface area (Å²) in [5.41, 5.74) is -0.424. The Bertz CT molecular complexity index is 615. The van der Waals surface area contributed by atoms with Gasteiger partial charge in [-0.15, -0.1) is 0 Å². The molecule has 8 heteroatoms. The van der Waals surface area contributed by atoms with E-state index in [9.17, 15) is 14.4 Å². The fourth-order valence-corrected chi connectivity index (χ4v) is 2.04. The van der Waals surface area contributed by atoms with E-state index < -0.39 is 23.6 Å². The molecule has 1 atom stereocenters. The molecule has 1 aromatic rings. The van der Waals surface area contributed by atoms with Crippen LogP contribution in [-0.2, 0) is 14.2 Å². The zero-order valence-corrected chi connectivity index (χ0v) is 14.8. The molecule has 0 fully saturated rings.